The van der Waals surface area contributed by atoms with Crippen molar-refractivity contribution in [2.75, 3.05) is 5.32 Å². The average Bonchev–Trinajstić information content (AvgIpc) is 2.75. The zero-order chi connectivity index (χ0) is 12.3. The number of nitriles is 1. The molecule has 0 saturated carbocycles. The number of carbonyl (C=O) groups excluding carboxylic acids is 1. The Balaban J connectivity index is 2.15. The summed E-state index contributed by atoms with van der Waals surface area (Å²) in [5, 5.41) is 14.2. The van der Waals surface area contributed by atoms with Gasteiger partial charge >= 0.3 is 0 Å². The van der Waals surface area contributed by atoms with Gasteiger partial charge in [-0.1, -0.05) is 0 Å². The molecule has 1 amide bonds. The lowest BCUT2D eigenvalue weighted by molar-refractivity contribution is 0.102. The van der Waals surface area contributed by atoms with E-state index in [2.05, 4.69) is 10.3 Å². The Morgan fingerprint density at radius 2 is 2.29 bits per heavy atom. The summed E-state index contributed by atoms with van der Waals surface area (Å²) in [5.41, 5.74) is 1.77. The molecule has 17 heavy (non-hydrogen) atoms. The summed E-state index contributed by atoms with van der Waals surface area (Å²) < 4.78 is 0. The van der Waals surface area contributed by atoms with Gasteiger partial charge in [-0.15, -0.1) is 11.3 Å². The Bertz CT molecular complexity index is 581. The summed E-state index contributed by atoms with van der Waals surface area (Å²) in [4.78, 5) is 15.7. The molecular weight excluding hydrogens is 234 g/mol. The van der Waals surface area contributed by atoms with Crippen molar-refractivity contribution in [2.24, 2.45) is 0 Å². The zero-order valence-corrected chi connectivity index (χ0v) is 9.91. The summed E-state index contributed by atoms with van der Waals surface area (Å²) in [5.74, 6) is -0.215. The van der Waals surface area contributed by atoms with E-state index in [0.29, 0.717) is 11.3 Å². The standard InChI is InChI=1S/C12H9N3OS/c1-8-4-5-17-12(8)15-11(16)9-2-3-10(6-13)14-7-9/h2-5,7H,1H3,(H,15,16). The lowest BCUT2D eigenvalue weighted by Crippen LogP contribution is -2.11. The van der Waals surface area contributed by atoms with Gasteiger partial charge in [0.25, 0.3) is 5.91 Å². The highest BCUT2D eigenvalue weighted by molar-refractivity contribution is 7.14. The van der Waals surface area contributed by atoms with Crippen molar-refractivity contribution in [1.82, 2.24) is 4.98 Å². The molecule has 5 heteroatoms. The van der Waals surface area contributed by atoms with Gasteiger partial charge in [0.15, 0.2) is 0 Å². The Morgan fingerprint density at radius 3 is 2.82 bits per heavy atom. The summed E-state index contributed by atoms with van der Waals surface area (Å²) in [7, 11) is 0. The second-order valence-corrected chi connectivity index (χ2v) is 4.35. The van der Waals surface area contributed by atoms with Gasteiger partial charge in [0.1, 0.15) is 11.8 Å². The second-order valence-electron chi connectivity index (χ2n) is 3.43. The van der Waals surface area contributed by atoms with Gasteiger partial charge in [-0.3, -0.25) is 4.79 Å². The normalized spacial score (nSPS) is 9.65. The maximum absolute atomic E-state index is 11.8. The summed E-state index contributed by atoms with van der Waals surface area (Å²) in [6.07, 6.45) is 1.40. The van der Waals surface area contributed by atoms with Crippen molar-refractivity contribution in [3.63, 3.8) is 0 Å². The van der Waals surface area contributed by atoms with Crippen LogP contribution >= 0.6 is 11.3 Å². The van der Waals surface area contributed by atoms with Crippen LogP contribution in [0, 0.1) is 18.3 Å². The molecule has 0 atom stereocenters. The van der Waals surface area contributed by atoms with E-state index in [1.54, 1.807) is 6.07 Å². The van der Waals surface area contributed by atoms with Gasteiger partial charge in [-0.25, -0.2) is 4.98 Å². The van der Waals surface area contributed by atoms with Crippen LogP contribution in [0.5, 0.6) is 0 Å². The van der Waals surface area contributed by atoms with Crippen LogP contribution in [-0.2, 0) is 0 Å². The van der Waals surface area contributed by atoms with Crippen molar-refractivity contribution >= 4 is 22.2 Å². The maximum Gasteiger partial charge on any atom is 0.257 e. The molecule has 0 aromatic carbocycles. The topological polar surface area (TPSA) is 65.8 Å². The van der Waals surface area contributed by atoms with E-state index in [4.69, 9.17) is 5.26 Å². The van der Waals surface area contributed by atoms with E-state index < -0.39 is 0 Å². The second kappa shape index (κ2) is 4.76. The summed E-state index contributed by atoms with van der Waals surface area (Å²) in [6.45, 7) is 1.93. The van der Waals surface area contributed by atoms with Crippen molar-refractivity contribution in [2.45, 2.75) is 6.92 Å². The molecule has 0 fully saturated rings. The predicted molar refractivity (Wildman–Crippen MR) is 66.0 cm³/mol. The van der Waals surface area contributed by atoms with Crippen LogP contribution in [0.1, 0.15) is 21.6 Å². The molecule has 0 saturated heterocycles. The fraction of sp³-hybridized carbons (Fsp3) is 0.0833. The highest BCUT2D eigenvalue weighted by Crippen LogP contribution is 2.22. The molecule has 4 nitrogen and oxygen atoms in total. The predicted octanol–water partition coefficient (Wildman–Crippen LogP) is 2.58. The van der Waals surface area contributed by atoms with Crippen LogP contribution < -0.4 is 5.32 Å². The molecule has 0 spiro atoms. The molecule has 0 radical (unpaired) electrons. The molecule has 2 aromatic heterocycles. The van der Waals surface area contributed by atoms with Gasteiger partial charge < -0.3 is 5.32 Å². The monoisotopic (exact) mass is 243 g/mol. The first-order chi connectivity index (χ1) is 8.20. The van der Waals surface area contributed by atoms with E-state index >= 15 is 0 Å². The minimum atomic E-state index is -0.215. The molecule has 84 valence electrons. The number of pyridine rings is 1. The minimum absolute atomic E-state index is 0.215. The molecule has 0 aliphatic heterocycles. The van der Waals surface area contributed by atoms with E-state index in [1.165, 1.54) is 23.6 Å². The van der Waals surface area contributed by atoms with Gasteiger partial charge in [0.05, 0.1) is 10.6 Å². The Labute approximate surface area is 103 Å². The fourth-order valence-electron chi connectivity index (χ4n) is 1.27. The lowest BCUT2D eigenvalue weighted by atomic mass is 10.2. The van der Waals surface area contributed by atoms with Crippen LogP contribution in [0.25, 0.3) is 0 Å². The number of thiophene rings is 1. The van der Waals surface area contributed by atoms with Crippen LogP contribution in [0.4, 0.5) is 5.00 Å². The Kier molecular flexibility index (Phi) is 3.17. The number of nitrogens with one attached hydrogen (secondary N) is 1. The Hall–Kier alpha value is -2.19. The van der Waals surface area contributed by atoms with Gasteiger partial charge in [-0.2, -0.15) is 5.26 Å². The Morgan fingerprint density at radius 1 is 1.47 bits per heavy atom. The largest absolute Gasteiger partial charge is 0.313 e. The first-order valence-corrected chi connectivity index (χ1v) is 5.80. The van der Waals surface area contributed by atoms with Crippen LogP contribution in [-0.4, -0.2) is 10.9 Å². The smallest absolute Gasteiger partial charge is 0.257 e. The average molecular weight is 243 g/mol. The molecule has 0 bridgehead atoms. The third kappa shape index (κ3) is 2.49. The number of hydrogen-bond donors (Lipinski definition) is 1. The van der Waals surface area contributed by atoms with Crippen molar-refractivity contribution in [1.29, 1.82) is 5.26 Å². The quantitative estimate of drug-likeness (QED) is 0.881. The fourth-order valence-corrected chi connectivity index (χ4v) is 2.08. The van der Waals surface area contributed by atoms with Crippen molar-refractivity contribution < 1.29 is 4.79 Å². The molecular formula is C12H9N3OS. The molecule has 2 rings (SSSR count). The highest BCUT2D eigenvalue weighted by Gasteiger charge is 2.08. The number of hydrogen-bond acceptors (Lipinski definition) is 4. The van der Waals surface area contributed by atoms with E-state index in [0.717, 1.165) is 10.6 Å². The molecule has 1 N–H and O–H groups in total. The van der Waals surface area contributed by atoms with Gasteiger partial charge in [0, 0.05) is 6.20 Å². The molecule has 0 unspecified atom stereocenters. The van der Waals surface area contributed by atoms with Gasteiger partial charge in [-0.05, 0) is 36.1 Å². The lowest BCUT2D eigenvalue weighted by Gasteiger charge is -2.03. The van der Waals surface area contributed by atoms with Crippen molar-refractivity contribution in [3.05, 3.63) is 46.6 Å². The number of aryl methyl sites for hydroxylation is 1. The number of anilines is 1. The van der Waals surface area contributed by atoms with Crippen LogP contribution in [0.3, 0.4) is 0 Å². The molecule has 0 aliphatic rings. The highest BCUT2D eigenvalue weighted by atomic mass is 32.1. The van der Waals surface area contributed by atoms with Gasteiger partial charge in [0.2, 0.25) is 0 Å². The van der Waals surface area contributed by atoms with E-state index in [9.17, 15) is 4.79 Å². The van der Waals surface area contributed by atoms with Crippen LogP contribution in [0.2, 0.25) is 0 Å². The number of amides is 1. The van der Waals surface area contributed by atoms with Crippen LogP contribution in [0.15, 0.2) is 29.8 Å². The third-order valence-corrected chi connectivity index (χ3v) is 3.16. The number of carbonyl (C=O) groups is 1. The molecule has 2 heterocycles. The first-order valence-electron chi connectivity index (χ1n) is 4.92. The molecule has 2 aromatic rings. The van der Waals surface area contributed by atoms with Crippen molar-refractivity contribution in [3.8, 4) is 6.07 Å². The number of aromatic nitrogens is 1. The maximum atomic E-state index is 11.8. The van der Waals surface area contributed by atoms with E-state index in [-0.39, 0.29) is 5.91 Å². The minimum Gasteiger partial charge on any atom is -0.313 e. The first kappa shape index (κ1) is 11.3. The number of rotatable bonds is 2. The molecule has 0 aliphatic carbocycles. The van der Waals surface area contributed by atoms with E-state index in [1.807, 2.05) is 24.4 Å². The zero-order valence-electron chi connectivity index (χ0n) is 9.10. The summed E-state index contributed by atoms with van der Waals surface area (Å²) in [6, 6.07) is 6.96. The third-order valence-electron chi connectivity index (χ3n) is 2.23. The number of nitrogens with zero attached hydrogens (tertiary/aromatic N) is 2. The summed E-state index contributed by atoms with van der Waals surface area (Å²) >= 11 is 1.48. The SMILES string of the molecule is Cc1ccsc1NC(=O)c1ccc(C#N)nc1.